The Kier molecular flexibility index (Phi) is 6.03. The van der Waals surface area contributed by atoms with Crippen LogP contribution in [0.25, 0.3) is 0 Å². The molecule has 0 radical (unpaired) electrons. The van der Waals surface area contributed by atoms with Crippen LogP contribution < -0.4 is 5.32 Å². The van der Waals surface area contributed by atoms with Gasteiger partial charge in [0.2, 0.25) is 0 Å². The van der Waals surface area contributed by atoms with Crippen LogP contribution in [-0.2, 0) is 35.2 Å². The van der Waals surface area contributed by atoms with Crippen molar-refractivity contribution < 1.29 is 14.3 Å². The largest absolute Gasteiger partial charge is 0.458 e. The molecular weight excluding hydrogens is 388 g/mol. The molecule has 2 amide bonds. The number of anilines is 1. The van der Waals surface area contributed by atoms with Gasteiger partial charge in [0.1, 0.15) is 11.6 Å². The molecule has 1 saturated heterocycles. The Balaban J connectivity index is 1.52. The highest BCUT2D eigenvalue weighted by Gasteiger charge is 2.37. The number of nitrogens with one attached hydrogen (secondary N) is 1. The van der Waals surface area contributed by atoms with Crippen LogP contribution in [-0.4, -0.2) is 35.1 Å². The maximum atomic E-state index is 13.2. The lowest BCUT2D eigenvalue weighted by atomic mass is 9.95. The Morgan fingerprint density at radius 3 is 2.23 bits per heavy atom. The summed E-state index contributed by atoms with van der Waals surface area (Å²) in [5.41, 5.74) is 5.24. The van der Waals surface area contributed by atoms with E-state index in [1.54, 1.807) is 4.90 Å². The van der Waals surface area contributed by atoms with Gasteiger partial charge in [0, 0.05) is 12.2 Å². The molecule has 31 heavy (non-hydrogen) atoms. The van der Waals surface area contributed by atoms with Crippen LogP contribution in [0.2, 0.25) is 0 Å². The first-order chi connectivity index (χ1) is 14.8. The third-order valence-electron chi connectivity index (χ3n) is 6.02. The topological polar surface area (TPSA) is 58.6 Å². The number of hydrogen-bond donors (Lipinski definition) is 1. The molecule has 4 aliphatic carbocycles. The summed E-state index contributed by atoms with van der Waals surface area (Å²) in [6.45, 7) is 6.12. The summed E-state index contributed by atoms with van der Waals surface area (Å²) < 4.78 is 5.55. The van der Waals surface area contributed by atoms with E-state index >= 15 is 0 Å². The monoisotopic (exact) mass is 420 g/mol. The van der Waals surface area contributed by atoms with Crippen LogP contribution >= 0.6 is 0 Å². The number of likely N-dealkylation sites (tertiary alicyclic amines) is 1. The van der Waals surface area contributed by atoms with E-state index in [2.05, 4.69) is 47.8 Å². The molecule has 1 atom stereocenters. The van der Waals surface area contributed by atoms with E-state index in [-0.39, 0.29) is 12.0 Å². The highest BCUT2D eigenvalue weighted by atomic mass is 16.6. The zero-order chi connectivity index (χ0) is 22.0. The van der Waals surface area contributed by atoms with Gasteiger partial charge in [-0.3, -0.25) is 0 Å². The summed E-state index contributed by atoms with van der Waals surface area (Å²) in [7, 11) is 0. The number of ether oxygens (including phenoxy) is 1. The maximum absolute atomic E-state index is 13.2. The molecule has 1 aliphatic heterocycles. The molecule has 0 unspecified atom stereocenters. The third-order valence-corrected chi connectivity index (χ3v) is 6.02. The number of benzene rings is 2. The van der Waals surface area contributed by atoms with Crippen molar-refractivity contribution in [3.63, 3.8) is 0 Å². The molecule has 2 aromatic carbocycles. The Morgan fingerprint density at radius 2 is 1.55 bits per heavy atom. The molecule has 5 heteroatoms. The number of hydrogen-bond acceptors (Lipinski definition) is 3. The zero-order valence-electron chi connectivity index (χ0n) is 18.7. The van der Waals surface area contributed by atoms with Crippen LogP contribution in [0, 0.1) is 0 Å². The number of nitrogens with zero attached hydrogens (tertiary/aromatic N) is 1. The third kappa shape index (κ3) is 5.27. The molecule has 2 aromatic rings. The molecule has 4 bridgehead atoms. The lowest BCUT2D eigenvalue weighted by Crippen LogP contribution is -2.45. The summed E-state index contributed by atoms with van der Waals surface area (Å²) in [5.74, 6) is -0.320. The van der Waals surface area contributed by atoms with Gasteiger partial charge >= 0.3 is 12.0 Å². The van der Waals surface area contributed by atoms with Crippen molar-refractivity contribution in [2.75, 3.05) is 11.9 Å². The Hall–Kier alpha value is -2.82. The van der Waals surface area contributed by atoms with E-state index in [9.17, 15) is 9.59 Å². The second-order valence-electron chi connectivity index (χ2n) is 9.62. The molecule has 7 rings (SSSR count). The van der Waals surface area contributed by atoms with E-state index in [0.717, 1.165) is 43.4 Å². The second kappa shape index (κ2) is 8.74. The predicted octanol–water partition coefficient (Wildman–Crippen LogP) is 4.91. The summed E-state index contributed by atoms with van der Waals surface area (Å²) in [6.07, 6.45) is 5.12. The van der Waals surface area contributed by atoms with Crippen molar-refractivity contribution >= 4 is 17.7 Å². The quantitative estimate of drug-likeness (QED) is 0.703. The minimum absolute atomic E-state index is 0.220. The van der Waals surface area contributed by atoms with Gasteiger partial charge in [0.05, 0.1) is 0 Å². The predicted molar refractivity (Wildman–Crippen MR) is 122 cm³/mol. The fourth-order valence-electron chi connectivity index (χ4n) is 4.37. The van der Waals surface area contributed by atoms with E-state index in [0.29, 0.717) is 13.0 Å². The van der Waals surface area contributed by atoms with Crippen molar-refractivity contribution in [3.8, 4) is 0 Å². The minimum Gasteiger partial charge on any atom is -0.458 e. The van der Waals surface area contributed by atoms with Gasteiger partial charge in [-0.25, -0.2) is 9.59 Å². The van der Waals surface area contributed by atoms with E-state index in [4.69, 9.17) is 4.74 Å². The molecule has 164 valence electrons. The molecule has 0 aromatic heterocycles. The van der Waals surface area contributed by atoms with E-state index in [1.807, 2.05) is 20.8 Å². The summed E-state index contributed by atoms with van der Waals surface area (Å²) in [4.78, 5) is 27.4. The summed E-state index contributed by atoms with van der Waals surface area (Å²) >= 11 is 0. The molecule has 0 spiro atoms. The first-order valence-electron chi connectivity index (χ1n) is 11.3. The van der Waals surface area contributed by atoms with Crippen LogP contribution in [0.4, 0.5) is 10.5 Å². The zero-order valence-corrected chi connectivity index (χ0v) is 18.7. The fraction of sp³-hybridized carbons (Fsp3) is 0.462. The van der Waals surface area contributed by atoms with Gasteiger partial charge in [-0.05, 0) is 87.6 Å². The highest BCUT2D eigenvalue weighted by molar-refractivity contribution is 5.93. The molecule has 5 nitrogen and oxygen atoms in total. The smallest absolute Gasteiger partial charge is 0.329 e. The van der Waals surface area contributed by atoms with Crippen LogP contribution in [0.5, 0.6) is 0 Å². The lowest BCUT2D eigenvalue weighted by Gasteiger charge is -2.28. The molecular formula is C26H32N2O3. The van der Waals surface area contributed by atoms with E-state index < -0.39 is 11.6 Å². The lowest BCUT2D eigenvalue weighted by molar-refractivity contribution is -0.159. The van der Waals surface area contributed by atoms with Crippen molar-refractivity contribution in [2.45, 2.75) is 70.9 Å². The Labute approximate surface area is 184 Å². The molecule has 1 heterocycles. The highest BCUT2D eigenvalue weighted by Crippen LogP contribution is 2.26. The number of rotatable bonds is 2. The van der Waals surface area contributed by atoms with Gasteiger partial charge in [0.15, 0.2) is 0 Å². The number of urea groups is 1. The van der Waals surface area contributed by atoms with Gasteiger partial charge in [-0.2, -0.15) is 0 Å². The van der Waals surface area contributed by atoms with Crippen molar-refractivity contribution in [3.05, 3.63) is 64.7 Å². The molecule has 1 N–H and O–H groups in total. The van der Waals surface area contributed by atoms with Gasteiger partial charge in [-0.15, -0.1) is 0 Å². The SMILES string of the molecule is CC(C)(C)OC(=O)[C@H]1CCCN1C(=O)Nc1cc2ccc1CCc1ccc(cc1)CC2. The number of amides is 2. The van der Waals surface area contributed by atoms with Crippen molar-refractivity contribution in [1.82, 2.24) is 4.90 Å². The van der Waals surface area contributed by atoms with Crippen LogP contribution in [0.15, 0.2) is 42.5 Å². The van der Waals surface area contributed by atoms with Crippen LogP contribution in [0.1, 0.15) is 55.9 Å². The standard InChI is InChI=1S/C26H32N2O3/c1-26(2,3)31-24(29)23-5-4-16-28(23)25(30)27-22-17-20-11-10-18-6-8-19(9-7-18)12-14-21(22)15-13-20/h6-9,13,15,17,23H,4-5,10-12,14,16H2,1-3H3,(H,27,30)/t23-/m1/s1. The second-order valence-corrected chi connectivity index (χ2v) is 9.62. The van der Waals surface area contributed by atoms with Crippen molar-refractivity contribution in [2.24, 2.45) is 0 Å². The maximum Gasteiger partial charge on any atom is 0.329 e. The van der Waals surface area contributed by atoms with E-state index in [1.165, 1.54) is 16.7 Å². The summed E-state index contributed by atoms with van der Waals surface area (Å²) in [6, 6.07) is 14.5. The molecule has 1 fully saturated rings. The average molecular weight is 421 g/mol. The van der Waals surface area contributed by atoms with Gasteiger partial charge in [-0.1, -0.05) is 36.4 Å². The van der Waals surface area contributed by atoms with Crippen LogP contribution in [0.3, 0.4) is 0 Å². The first-order valence-corrected chi connectivity index (χ1v) is 11.3. The van der Waals surface area contributed by atoms with Gasteiger partial charge < -0.3 is 15.0 Å². The molecule has 5 aliphatic rings. The number of esters is 1. The Morgan fingerprint density at radius 1 is 0.935 bits per heavy atom. The number of carbonyl (C=O) groups excluding carboxylic acids is 2. The molecule has 0 saturated carbocycles. The number of aryl methyl sites for hydroxylation is 4. The van der Waals surface area contributed by atoms with Crippen molar-refractivity contribution in [1.29, 1.82) is 0 Å². The Bertz CT molecular complexity index is 960. The minimum atomic E-state index is -0.563. The summed E-state index contributed by atoms with van der Waals surface area (Å²) in [5, 5.41) is 3.12. The average Bonchev–Trinajstić information content (AvgIpc) is 3.20. The van der Waals surface area contributed by atoms with Gasteiger partial charge in [0.25, 0.3) is 0 Å². The number of carbonyl (C=O) groups is 2. The normalized spacial score (nSPS) is 18.4. The first kappa shape index (κ1) is 21.4. The fourth-order valence-corrected chi connectivity index (χ4v) is 4.37.